The number of benzene rings is 4. The van der Waals surface area contributed by atoms with E-state index >= 15 is 0 Å². The van der Waals surface area contributed by atoms with Crippen LogP contribution in [0.3, 0.4) is 0 Å². The second kappa shape index (κ2) is 8.24. The fraction of sp³-hybridized carbons (Fsp3) is 0.143. The molecule has 0 saturated heterocycles. The van der Waals surface area contributed by atoms with E-state index in [0.717, 1.165) is 27.3 Å². The first-order chi connectivity index (χ1) is 14.7. The highest BCUT2D eigenvalue weighted by molar-refractivity contribution is 5.84. The lowest BCUT2D eigenvalue weighted by Crippen LogP contribution is -2.27. The van der Waals surface area contributed by atoms with Gasteiger partial charge in [-0.1, -0.05) is 91.0 Å². The van der Waals surface area contributed by atoms with E-state index in [1.807, 2.05) is 24.3 Å². The van der Waals surface area contributed by atoms with Gasteiger partial charge < -0.3 is 0 Å². The number of hydrogen-bond acceptors (Lipinski definition) is 2. The monoisotopic (exact) mass is 386 g/mol. The average molecular weight is 386 g/mol. The molecule has 0 fully saturated rings. The second-order valence-electron chi connectivity index (χ2n) is 7.73. The minimum absolute atomic E-state index is 0.267. The first-order valence-electron chi connectivity index (χ1n) is 10.1. The molecule has 0 aromatic heterocycles. The first kappa shape index (κ1) is 19.4. The van der Waals surface area contributed by atoms with Crippen molar-refractivity contribution in [1.29, 1.82) is 10.5 Å². The molecule has 4 aromatic carbocycles. The van der Waals surface area contributed by atoms with Crippen molar-refractivity contribution < 1.29 is 0 Å². The molecule has 2 nitrogen and oxygen atoms in total. The van der Waals surface area contributed by atoms with Crippen molar-refractivity contribution in [2.24, 2.45) is 5.41 Å². The number of nitriles is 2. The van der Waals surface area contributed by atoms with Gasteiger partial charge in [0, 0.05) is 5.92 Å². The summed E-state index contributed by atoms with van der Waals surface area (Å²) < 4.78 is 0. The highest BCUT2D eigenvalue weighted by Crippen LogP contribution is 2.42. The maximum absolute atomic E-state index is 10.1. The molecule has 30 heavy (non-hydrogen) atoms. The smallest absolute Gasteiger partial charge is 0.154 e. The van der Waals surface area contributed by atoms with E-state index in [9.17, 15) is 10.5 Å². The van der Waals surface area contributed by atoms with E-state index in [-0.39, 0.29) is 5.92 Å². The molecule has 4 rings (SSSR count). The summed E-state index contributed by atoms with van der Waals surface area (Å²) in [7, 11) is 0. The van der Waals surface area contributed by atoms with E-state index < -0.39 is 5.41 Å². The third-order valence-corrected chi connectivity index (χ3v) is 5.89. The number of rotatable bonds is 6. The Bertz CT molecular complexity index is 1290. The van der Waals surface area contributed by atoms with Crippen LogP contribution in [0.25, 0.3) is 21.5 Å². The fourth-order valence-electron chi connectivity index (χ4n) is 4.24. The van der Waals surface area contributed by atoms with Crippen LogP contribution in [0.5, 0.6) is 0 Å². The Morgan fingerprint density at radius 2 is 1.33 bits per heavy atom. The Kier molecular flexibility index (Phi) is 5.34. The summed E-state index contributed by atoms with van der Waals surface area (Å²) in [4.78, 5) is 0. The van der Waals surface area contributed by atoms with Crippen LogP contribution in [0.15, 0.2) is 97.6 Å². The summed E-state index contributed by atoms with van der Waals surface area (Å²) >= 11 is 0. The predicted octanol–water partition coefficient (Wildman–Crippen LogP) is 6.93. The molecule has 1 atom stereocenters. The van der Waals surface area contributed by atoms with Crippen LogP contribution >= 0.6 is 0 Å². The maximum atomic E-state index is 10.1. The summed E-state index contributed by atoms with van der Waals surface area (Å²) in [5, 5.41) is 24.8. The summed E-state index contributed by atoms with van der Waals surface area (Å²) in [6, 6.07) is 33.7. The number of fused-ring (bicyclic) bond motifs is 2. The largest absolute Gasteiger partial charge is 0.197 e. The van der Waals surface area contributed by atoms with E-state index in [1.54, 1.807) is 6.08 Å². The minimum atomic E-state index is -1.17. The van der Waals surface area contributed by atoms with Crippen LogP contribution in [0.1, 0.15) is 23.5 Å². The van der Waals surface area contributed by atoms with Crippen molar-refractivity contribution in [1.82, 2.24) is 0 Å². The molecule has 0 amide bonds. The zero-order valence-corrected chi connectivity index (χ0v) is 16.8. The molecule has 0 heterocycles. The standard InChI is InChI=1S/C28H22N2/c1-2-15-28(19-29,20-30)27(26-14-13-23-8-4-6-10-25(23)18-26)17-21-11-12-22-7-3-5-9-24(22)16-21/h2-14,16,18,27H,1,15,17H2. The van der Waals surface area contributed by atoms with Crippen LogP contribution in [-0.4, -0.2) is 0 Å². The van der Waals surface area contributed by atoms with Gasteiger partial charge in [-0.2, -0.15) is 10.5 Å². The Morgan fingerprint density at radius 1 is 0.767 bits per heavy atom. The van der Waals surface area contributed by atoms with Gasteiger partial charge in [-0.15, -0.1) is 6.58 Å². The molecule has 0 spiro atoms. The van der Waals surface area contributed by atoms with Gasteiger partial charge in [0.1, 0.15) is 0 Å². The maximum Gasteiger partial charge on any atom is 0.154 e. The van der Waals surface area contributed by atoms with Crippen LogP contribution in [0.2, 0.25) is 0 Å². The van der Waals surface area contributed by atoms with Crippen molar-refractivity contribution in [2.75, 3.05) is 0 Å². The van der Waals surface area contributed by atoms with Gasteiger partial charge >= 0.3 is 0 Å². The van der Waals surface area contributed by atoms with Gasteiger partial charge in [-0.05, 0) is 45.5 Å². The van der Waals surface area contributed by atoms with Gasteiger partial charge in [0.25, 0.3) is 0 Å². The van der Waals surface area contributed by atoms with Gasteiger partial charge in [0.2, 0.25) is 0 Å². The van der Waals surface area contributed by atoms with Crippen LogP contribution in [0, 0.1) is 28.1 Å². The molecule has 0 aliphatic heterocycles. The van der Waals surface area contributed by atoms with Crippen molar-refractivity contribution >= 4 is 21.5 Å². The summed E-state index contributed by atoms with van der Waals surface area (Å²) in [5.74, 6) is -0.267. The Morgan fingerprint density at radius 3 is 1.93 bits per heavy atom. The van der Waals surface area contributed by atoms with Crippen molar-refractivity contribution in [3.8, 4) is 12.1 Å². The Balaban J connectivity index is 1.84. The van der Waals surface area contributed by atoms with Crippen LogP contribution in [0.4, 0.5) is 0 Å². The minimum Gasteiger partial charge on any atom is -0.197 e. The summed E-state index contributed by atoms with van der Waals surface area (Å²) in [6.07, 6.45) is 2.62. The summed E-state index contributed by atoms with van der Waals surface area (Å²) in [5.41, 5.74) is 0.952. The number of hydrogen-bond donors (Lipinski definition) is 0. The van der Waals surface area contributed by atoms with Crippen molar-refractivity contribution in [3.05, 3.63) is 109 Å². The van der Waals surface area contributed by atoms with Gasteiger partial charge in [-0.25, -0.2) is 0 Å². The lowest BCUT2D eigenvalue weighted by Gasteiger charge is -2.29. The molecule has 0 aliphatic rings. The van der Waals surface area contributed by atoms with Gasteiger partial charge in [0.15, 0.2) is 5.41 Å². The highest BCUT2D eigenvalue weighted by atomic mass is 14.5. The molecule has 0 saturated carbocycles. The number of allylic oxidation sites excluding steroid dienone is 1. The number of nitrogens with zero attached hydrogens (tertiary/aromatic N) is 2. The zero-order valence-electron chi connectivity index (χ0n) is 16.8. The molecular formula is C28H22N2. The topological polar surface area (TPSA) is 47.6 Å². The fourth-order valence-corrected chi connectivity index (χ4v) is 4.24. The summed E-state index contributed by atoms with van der Waals surface area (Å²) in [6.45, 7) is 3.81. The van der Waals surface area contributed by atoms with Crippen LogP contribution in [-0.2, 0) is 6.42 Å². The first-order valence-corrected chi connectivity index (χ1v) is 10.1. The third kappa shape index (κ3) is 3.57. The normalized spacial score (nSPS) is 12.2. The third-order valence-electron chi connectivity index (χ3n) is 5.89. The van der Waals surface area contributed by atoms with E-state index in [2.05, 4.69) is 79.4 Å². The van der Waals surface area contributed by atoms with E-state index in [0.29, 0.717) is 12.8 Å². The second-order valence-corrected chi connectivity index (χ2v) is 7.73. The van der Waals surface area contributed by atoms with Crippen molar-refractivity contribution in [3.63, 3.8) is 0 Å². The quantitative estimate of drug-likeness (QED) is 0.337. The Labute approximate surface area is 177 Å². The van der Waals surface area contributed by atoms with E-state index in [1.165, 1.54) is 5.39 Å². The molecule has 1 unspecified atom stereocenters. The predicted molar refractivity (Wildman–Crippen MR) is 123 cm³/mol. The highest BCUT2D eigenvalue weighted by Gasteiger charge is 2.39. The van der Waals surface area contributed by atoms with Gasteiger partial charge in [-0.3, -0.25) is 0 Å². The molecule has 144 valence electrons. The zero-order chi connectivity index (χ0) is 21.0. The lowest BCUT2D eigenvalue weighted by atomic mass is 9.69. The molecule has 0 aliphatic carbocycles. The molecule has 4 aromatic rings. The van der Waals surface area contributed by atoms with Crippen molar-refractivity contribution in [2.45, 2.75) is 18.8 Å². The average Bonchev–Trinajstić information content (AvgIpc) is 2.81. The lowest BCUT2D eigenvalue weighted by molar-refractivity contribution is 0.410. The van der Waals surface area contributed by atoms with Crippen LogP contribution < -0.4 is 0 Å². The SMILES string of the molecule is C=CCC(C#N)(C#N)C(Cc1ccc2ccccc2c1)c1ccc2ccccc2c1. The molecule has 2 heteroatoms. The molecule has 0 N–H and O–H groups in total. The van der Waals surface area contributed by atoms with E-state index in [4.69, 9.17) is 0 Å². The molecule has 0 radical (unpaired) electrons. The Hall–Kier alpha value is -3.88. The molecular weight excluding hydrogens is 364 g/mol. The molecule has 0 bridgehead atoms. The van der Waals surface area contributed by atoms with Gasteiger partial charge in [0.05, 0.1) is 12.1 Å².